The molecule has 7 nitrogen and oxygen atoms in total. The van der Waals surface area contributed by atoms with Crippen molar-refractivity contribution in [3.63, 3.8) is 0 Å². The number of nitrogens with zero attached hydrogens (tertiary/aromatic N) is 2. The second kappa shape index (κ2) is 6.72. The van der Waals surface area contributed by atoms with Gasteiger partial charge in [0.05, 0.1) is 11.9 Å². The number of hydrogen-bond donors (Lipinski definition) is 3. The molecule has 102 valence electrons. The Kier molecular flexibility index (Phi) is 5.57. The van der Waals surface area contributed by atoms with Gasteiger partial charge in [0.1, 0.15) is 5.02 Å². The minimum atomic E-state index is -3.24. The molecule has 0 bridgehead atoms. The third kappa shape index (κ3) is 4.63. The Morgan fingerprint density at radius 3 is 2.78 bits per heavy atom. The van der Waals surface area contributed by atoms with Crippen LogP contribution in [0.25, 0.3) is 0 Å². The van der Waals surface area contributed by atoms with Crippen LogP contribution in [0.4, 0.5) is 11.8 Å². The van der Waals surface area contributed by atoms with Gasteiger partial charge in [0.2, 0.25) is 16.0 Å². The van der Waals surface area contributed by atoms with E-state index >= 15 is 0 Å². The summed E-state index contributed by atoms with van der Waals surface area (Å²) in [7, 11) is -1.56. The van der Waals surface area contributed by atoms with Crippen molar-refractivity contribution in [1.29, 1.82) is 0 Å². The minimum Gasteiger partial charge on any atom is -0.368 e. The molecule has 0 spiro atoms. The van der Waals surface area contributed by atoms with Crippen molar-refractivity contribution in [2.75, 3.05) is 36.5 Å². The van der Waals surface area contributed by atoms with Crippen molar-refractivity contribution in [2.24, 2.45) is 0 Å². The van der Waals surface area contributed by atoms with Crippen LogP contribution in [0.2, 0.25) is 5.02 Å². The van der Waals surface area contributed by atoms with Gasteiger partial charge >= 0.3 is 0 Å². The fourth-order valence-electron chi connectivity index (χ4n) is 1.21. The monoisotopic (exact) mass is 293 g/mol. The summed E-state index contributed by atoms with van der Waals surface area (Å²) in [6.45, 7) is 2.32. The topological polar surface area (TPSA) is 96.0 Å². The Hall–Kier alpha value is -1.12. The van der Waals surface area contributed by atoms with Gasteiger partial charge in [-0.15, -0.1) is 0 Å². The van der Waals surface area contributed by atoms with E-state index in [1.165, 1.54) is 6.20 Å². The lowest BCUT2D eigenvalue weighted by molar-refractivity contribution is 0.584. The molecular formula is C9H16ClN5O2S. The van der Waals surface area contributed by atoms with E-state index in [1.807, 2.05) is 0 Å². The Balaban J connectivity index is 2.58. The summed E-state index contributed by atoms with van der Waals surface area (Å²) in [6.07, 6.45) is 1.45. The maximum Gasteiger partial charge on any atom is 0.224 e. The molecular weight excluding hydrogens is 278 g/mol. The van der Waals surface area contributed by atoms with Crippen LogP contribution in [0.3, 0.4) is 0 Å². The zero-order valence-corrected chi connectivity index (χ0v) is 11.8. The molecule has 1 aromatic rings. The highest BCUT2D eigenvalue weighted by molar-refractivity contribution is 7.89. The summed E-state index contributed by atoms with van der Waals surface area (Å²) in [6, 6.07) is 0. The van der Waals surface area contributed by atoms with Crippen molar-refractivity contribution in [3.8, 4) is 0 Å². The molecule has 0 saturated heterocycles. The van der Waals surface area contributed by atoms with E-state index in [4.69, 9.17) is 11.6 Å². The molecule has 0 atom stereocenters. The average molecular weight is 294 g/mol. The second-order valence-corrected chi connectivity index (χ2v) is 5.72. The molecule has 1 rings (SSSR count). The second-order valence-electron chi connectivity index (χ2n) is 3.38. The molecule has 18 heavy (non-hydrogen) atoms. The molecule has 0 aliphatic heterocycles. The van der Waals surface area contributed by atoms with E-state index in [9.17, 15) is 8.42 Å². The van der Waals surface area contributed by atoms with Crippen LogP contribution in [0.1, 0.15) is 6.92 Å². The fourth-order valence-corrected chi connectivity index (χ4v) is 2.32. The molecule has 1 heterocycles. The van der Waals surface area contributed by atoms with E-state index in [0.29, 0.717) is 23.3 Å². The maximum absolute atomic E-state index is 11.4. The van der Waals surface area contributed by atoms with E-state index in [1.54, 1.807) is 14.0 Å². The van der Waals surface area contributed by atoms with Crippen LogP contribution < -0.4 is 15.4 Å². The number of anilines is 2. The molecule has 0 aromatic carbocycles. The smallest absolute Gasteiger partial charge is 0.224 e. The molecule has 0 aliphatic carbocycles. The van der Waals surface area contributed by atoms with Gasteiger partial charge in [-0.25, -0.2) is 18.1 Å². The maximum atomic E-state index is 11.4. The normalized spacial score (nSPS) is 11.3. The predicted molar refractivity (Wildman–Crippen MR) is 72.5 cm³/mol. The van der Waals surface area contributed by atoms with E-state index < -0.39 is 10.0 Å². The first-order chi connectivity index (χ1) is 8.48. The number of rotatable bonds is 7. The predicted octanol–water partition coefficient (Wildman–Crippen LogP) is 0.523. The number of aromatic nitrogens is 2. The number of nitrogens with one attached hydrogen (secondary N) is 3. The van der Waals surface area contributed by atoms with E-state index in [2.05, 4.69) is 25.3 Å². The molecule has 9 heteroatoms. The molecule has 3 N–H and O–H groups in total. The van der Waals surface area contributed by atoms with Crippen molar-refractivity contribution in [2.45, 2.75) is 6.92 Å². The van der Waals surface area contributed by atoms with Gasteiger partial charge in [-0.1, -0.05) is 18.5 Å². The van der Waals surface area contributed by atoms with E-state index in [0.717, 1.165) is 0 Å². The van der Waals surface area contributed by atoms with Crippen LogP contribution in [0.15, 0.2) is 6.20 Å². The number of halogens is 1. The van der Waals surface area contributed by atoms with Gasteiger partial charge < -0.3 is 10.6 Å². The van der Waals surface area contributed by atoms with Crippen LogP contribution in [-0.4, -0.2) is 44.3 Å². The molecule has 0 unspecified atom stereocenters. The fraction of sp³-hybridized carbons (Fsp3) is 0.556. The summed E-state index contributed by atoms with van der Waals surface area (Å²) in [5, 5.41) is 5.97. The van der Waals surface area contributed by atoms with Crippen molar-refractivity contribution in [3.05, 3.63) is 11.2 Å². The average Bonchev–Trinajstić information content (AvgIpc) is 2.31. The molecule has 0 amide bonds. The zero-order chi connectivity index (χ0) is 13.6. The summed E-state index contributed by atoms with van der Waals surface area (Å²) in [4.78, 5) is 7.99. The highest BCUT2D eigenvalue weighted by atomic mass is 35.5. The summed E-state index contributed by atoms with van der Waals surface area (Å²) >= 11 is 5.88. The van der Waals surface area contributed by atoms with Gasteiger partial charge in [-0.05, 0) is 0 Å². The molecule has 0 radical (unpaired) electrons. The molecule has 0 aliphatic rings. The zero-order valence-electron chi connectivity index (χ0n) is 10.2. The highest BCUT2D eigenvalue weighted by Crippen LogP contribution is 2.18. The van der Waals surface area contributed by atoms with Gasteiger partial charge in [0.15, 0.2) is 5.82 Å². The lowest BCUT2D eigenvalue weighted by atomic mass is 10.5. The lowest BCUT2D eigenvalue weighted by Gasteiger charge is -2.09. The molecule has 1 aromatic heterocycles. The third-order valence-corrected chi connectivity index (χ3v) is 3.74. The van der Waals surface area contributed by atoms with Gasteiger partial charge in [0, 0.05) is 20.1 Å². The Morgan fingerprint density at radius 2 is 2.17 bits per heavy atom. The first-order valence-electron chi connectivity index (χ1n) is 5.40. The standard InChI is InChI=1S/C9H16ClN5O2S/c1-3-14-18(16,17)5-4-12-8-7(10)6-13-9(11-2)15-8/h6,14H,3-5H2,1-2H3,(H2,11,12,13,15). The Morgan fingerprint density at radius 1 is 1.44 bits per heavy atom. The van der Waals surface area contributed by atoms with Crippen LogP contribution >= 0.6 is 11.6 Å². The third-order valence-electron chi connectivity index (χ3n) is 2.00. The van der Waals surface area contributed by atoms with Crippen LogP contribution in [0.5, 0.6) is 0 Å². The summed E-state index contributed by atoms with van der Waals surface area (Å²) in [5.74, 6) is 0.773. The number of hydrogen-bond acceptors (Lipinski definition) is 6. The van der Waals surface area contributed by atoms with Crippen molar-refractivity contribution >= 4 is 33.4 Å². The SMILES string of the molecule is CCNS(=O)(=O)CCNc1nc(NC)ncc1Cl. The first-order valence-corrected chi connectivity index (χ1v) is 7.43. The Bertz CT molecular complexity index is 494. The minimum absolute atomic E-state index is 0.0456. The van der Waals surface area contributed by atoms with Crippen LogP contribution in [0, 0.1) is 0 Å². The quantitative estimate of drug-likeness (QED) is 0.678. The number of sulfonamides is 1. The summed E-state index contributed by atoms with van der Waals surface area (Å²) < 4.78 is 25.2. The first kappa shape index (κ1) is 14.9. The largest absolute Gasteiger partial charge is 0.368 e. The summed E-state index contributed by atoms with van der Waals surface area (Å²) in [5.41, 5.74) is 0. The molecule has 0 saturated carbocycles. The Labute approximate surface area is 111 Å². The van der Waals surface area contributed by atoms with E-state index in [-0.39, 0.29) is 12.3 Å². The van der Waals surface area contributed by atoms with Gasteiger partial charge in [0.25, 0.3) is 0 Å². The molecule has 0 fully saturated rings. The lowest BCUT2D eigenvalue weighted by Crippen LogP contribution is -2.29. The van der Waals surface area contributed by atoms with Gasteiger partial charge in [-0.2, -0.15) is 4.98 Å². The highest BCUT2D eigenvalue weighted by Gasteiger charge is 2.09. The van der Waals surface area contributed by atoms with Crippen molar-refractivity contribution < 1.29 is 8.42 Å². The van der Waals surface area contributed by atoms with Crippen molar-refractivity contribution in [1.82, 2.24) is 14.7 Å². The van der Waals surface area contributed by atoms with Crippen LogP contribution in [-0.2, 0) is 10.0 Å². The van der Waals surface area contributed by atoms with Gasteiger partial charge in [-0.3, -0.25) is 0 Å².